The first-order valence-corrected chi connectivity index (χ1v) is 7.56. The molecule has 3 N–H and O–H groups in total. The third kappa shape index (κ3) is 4.69. The van der Waals surface area contributed by atoms with E-state index >= 15 is 0 Å². The van der Waals surface area contributed by atoms with Crippen molar-refractivity contribution in [3.63, 3.8) is 0 Å². The van der Waals surface area contributed by atoms with Gasteiger partial charge in [-0.15, -0.1) is 18.2 Å². The molecule has 0 aromatic heterocycles. The highest BCUT2D eigenvalue weighted by Crippen LogP contribution is 2.12. The fraction of sp³-hybridized carbons (Fsp3) is 0.273. The number of nitrogen functional groups attached to an aromatic ring is 1. The molecule has 0 aliphatic carbocycles. The lowest BCUT2D eigenvalue weighted by Gasteiger charge is -2.06. The summed E-state index contributed by atoms with van der Waals surface area (Å²) in [4.78, 5) is 0.180. The van der Waals surface area contributed by atoms with Crippen LogP contribution in [-0.2, 0) is 10.0 Å². The molecular weight excluding hydrogens is 256 g/mol. The van der Waals surface area contributed by atoms with E-state index in [1.165, 1.54) is 23.9 Å². The Bertz CT molecular complexity index is 506. The van der Waals surface area contributed by atoms with Crippen LogP contribution in [0.1, 0.15) is 0 Å². The smallest absolute Gasteiger partial charge is 0.240 e. The van der Waals surface area contributed by atoms with E-state index in [0.29, 0.717) is 23.7 Å². The van der Waals surface area contributed by atoms with Crippen LogP contribution in [-0.4, -0.2) is 26.5 Å². The monoisotopic (exact) mass is 270 g/mol. The summed E-state index contributed by atoms with van der Waals surface area (Å²) in [6, 6.07) is 6.18. The van der Waals surface area contributed by atoms with Crippen molar-refractivity contribution in [3.8, 4) is 12.3 Å². The SMILES string of the molecule is C#CCSCCNS(=O)(=O)c1cccc(N)c1. The number of benzene rings is 1. The second kappa shape index (κ2) is 6.55. The van der Waals surface area contributed by atoms with Gasteiger partial charge in [0.2, 0.25) is 10.0 Å². The minimum absolute atomic E-state index is 0.180. The molecule has 17 heavy (non-hydrogen) atoms. The maximum absolute atomic E-state index is 11.8. The molecule has 0 spiro atoms. The summed E-state index contributed by atoms with van der Waals surface area (Å²) in [5, 5.41) is 0. The maximum Gasteiger partial charge on any atom is 0.240 e. The van der Waals surface area contributed by atoms with Crippen LogP contribution in [0.5, 0.6) is 0 Å². The lowest BCUT2D eigenvalue weighted by atomic mass is 10.3. The highest BCUT2D eigenvalue weighted by molar-refractivity contribution is 7.99. The third-order valence-corrected chi connectivity index (χ3v) is 4.21. The zero-order chi connectivity index (χ0) is 12.7. The van der Waals surface area contributed by atoms with Gasteiger partial charge in [-0.1, -0.05) is 12.0 Å². The molecule has 1 aromatic carbocycles. The molecule has 4 nitrogen and oxygen atoms in total. The number of rotatable bonds is 6. The van der Waals surface area contributed by atoms with E-state index in [-0.39, 0.29) is 4.90 Å². The molecule has 0 heterocycles. The van der Waals surface area contributed by atoms with Crippen LogP contribution >= 0.6 is 11.8 Å². The number of anilines is 1. The van der Waals surface area contributed by atoms with E-state index in [1.807, 2.05) is 0 Å². The van der Waals surface area contributed by atoms with Crippen molar-refractivity contribution in [3.05, 3.63) is 24.3 Å². The number of hydrogen-bond acceptors (Lipinski definition) is 4. The predicted molar refractivity (Wildman–Crippen MR) is 72.2 cm³/mol. The average molecular weight is 270 g/mol. The summed E-state index contributed by atoms with van der Waals surface area (Å²) in [5.74, 6) is 3.70. The fourth-order valence-electron chi connectivity index (χ4n) is 1.14. The number of thioether (sulfide) groups is 1. The molecule has 1 rings (SSSR count). The molecule has 0 unspecified atom stereocenters. The summed E-state index contributed by atoms with van der Waals surface area (Å²) >= 11 is 1.50. The van der Waals surface area contributed by atoms with Gasteiger partial charge < -0.3 is 5.73 Å². The van der Waals surface area contributed by atoms with Gasteiger partial charge in [-0.05, 0) is 18.2 Å². The van der Waals surface area contributed by atoms with Crippen LogP contribution in [0.25, 0.3) is 0 Å². The Morgan fingerprint density at radius 2 is 2.24 bits per heavy atom. The van der Waals surface area contributed by atoms with Crippen LogP contribution in [0.4, 0.5) is 5.69 Å². The molecule has 0 radical (unpaired) electrons. The van der Waals surface area contributed by atoms with Gasteiger partial charge >= 0.3 is 0 Å². The van der Waals surface area contributed by atoms with E-state index < -0.39 is 10.0 Å². The summed E-state index contributed by atoms with van der Waals surface area (Å²) in [5.41, 5.74) is 5.96. The summed E-state index contributed by atoms with van der Waals surface area (Å²) in [7, 11) is -3.46. The van der Waals surface area contributed by atoms with Crippen LogP contribution < -0.4 is 10.5 Å². The Hall–Kier alpha value is -1.16. The fourth-order valence-corrected chi connectivity index (χ4v) is 2.87. The highest BCUT2D eigenvalue weighted by atomic mass is 32.2. The van der Waals surface area contributed by atoms with Crippen LogP contribution in [0, 0.1) is 12.3 Å². The molecule has 6 heteroatoms. The number of nitrogens with one attached hydrogen (secondary N) is 1. The molecule has 0 saturated heterocycles. The molecule has 0 saturated carbocycles. The lowest BCUT2D eigenvalue weighted by Crippen LogP contribution is -2.26. The van der Waals surface area contributed by atoms with Crippen molar-refractivity contribution < 1.29 is 8.42 Å². The van der Waals surface area contributed by atoms with E-state index in [1.54, 1.807) is 12.1 Å². The molecule has 92 valence electrons. The molecule has 0 aliphatic heterocycles. The topological polar surface area (TPSA) is 72.2 Å². The zero-order valence-electron chi connectivity index (χ0n) is 9.22. The van der Waals surface area contributed by atoms with Crippen molar-refractivity contribution >= 4 is 27.5 Å². The molecule has 1 aromatic rings. The molecule has 0 bridgehead atoms. The maximum atomic E-state index is 11.8. The quantitative estimate of drug-likeness (QED) is 0.458. The Kier molecular flexibility index (Phi) is 5.35. The zero-order valence-corrected chi connectivity index (χ0v) is 10.9. The summed E-state index contributed by atoms with van der Waals surface area (Å²) in [6.07, 6.45) is 5.08. The summed E-state index contributed by atoms with van der Waals surface area (Å²) < 4.78 is 26.1. The van der Waals surface area contributed by atoms with Gasteiger partial charge in [0.05, 0.1) is 10.6 Å². The molecule has 0 aliphatic rings. The molecule has 0 fully saturated rings. The first-order chi connectivity index (χ1) is 8.06. The largest absolute Gasteiger partial charge is 0.399 e. The van der Waals surface area contributed by atoms with E-state index in [0.717, 1.165) is 0 Å². The van der Waals surface area contributed by atoms with Crippen molar-refractivity contribution in [1.29, 1.82) is 0 Å². The lowest BCUT2D eigenvalue weighted by molar-refractivity contribution is 0.584. The molecule has 0 amide bonds. The number of nitrogens with two attached hydrogens (primary N) is 1. The van der Waals surface area contributed by atoms with Crippen molar-refractivity contribution in [1.82, 2.24) is 4.72 Å². The van der Waals surface area contributed by atoms with E-state index in [4.69, 9.17) is 12.2 Å². The van der Waals surface area contributed by atoms with Crippen LogP contribution in [0.3, 0.4) is 0 Å². The first kappa shape index (κ1) is 13.9. The van der Waals surface area contributed by atoms with Crippen LogP contribution in [0.2, 0.25) is 0 Å². The van der Waals surface area contributed by atoms with Gasteiger partial charge in [0, 0.05) is 18.0 Å². The number of hydrogen-bond donors (Lipinski definition) is 2. The first-order valence-electron chi connectivity index (χ1n) is 4.92. The Labute approximate surface area is 106 Å². The second-order valence-corrected chi connectivity index (χ2v) is 6.10. The number of terminal acetylenes is 1. The number of sulfonamides is 1. The standard InChI is InChI=1S/C11H14N2O2S2/c1-2-7-16-8-6-13-17(14,15)11-5-3-4-10(12)9-11/h1,3-5,9,13H,6-8,12H2. The average Bonchev–Trinajstić information content (AvgIpc) is 2.29. The van der Waals surface area contributed by atoms with Gasteiger partial charge in [0.25, 0.3) is 0 Å². The highest BCUT2D eigenvalue weighted by Gasteiger charge is 2.12. The Balaban J connectivity index is 2.55. The van der Waals surface area contributed by atoms with Gasteiger partial charge in [-0.3, -0.25) is 0 Å². The second-order valence-electron chi connectivity index (χ2n) is 3.23. The van der Waals surface area contributed by atoms with Gasteiger partial charge in [0.1, 0.15) is 0 Å². The van der Waals surface area contributed by atoms with E-state index in [2.05, 4.69) is 10.6 Å². The van der Waals surface area contributed by atoms with Crippen molar-refractivity contribution in [2.75, 3.05) is 23.8 Å². The summed E-state index contributed by atoms with van der Waals surface area (Å²) in [6.45, 7) is 0.351. The molecular formula is C11H14N2O2S2. The predicted octanol–water partition coefficient (Wildman–Crippen LogP) is 0.914. The van der Waals surface area contributed by atoms with E-state index in [9.17, 15) is 8.42 Å². The Morgan fingerprint density at radius 1 is 1.47 bits per heavy atom. The van der Waals surface area contributed by atoms with Crippen molar-refractivity contribution in [2.45, 2.75) is 4.90 Å². The minimum atomic E-state index is -3.46. The van der Waals surface area contributed by atoms with Crippen molar-refractivity contribution in [2.24, 2.45) is 0 Å². The van der Waals surface area contributed by atoms with Crippen LogP contribution in [0.15, 0.2) is 29.2 Å². The third-order valence-electron chi connectivity index (χ3n) is 1.89. The normalized spacial score (nSPS) is 11.0. The van der Waals surface area contributed by atoms with Gasteiger partial charge in [-0.2, -0.15) is 0 Å². The molecule has 0 atom stereocenters. The van der Waals surface area contributed by atoms with Gasteiger partial charge in [-0.25, -0.2) is 13.1 Å². The Morgan fingerprint density at radius 3 is 2.88 bits per heavy atom. The minimum Gasteiger partial charge on any atom is -0.399 e. The van der Waals surface area contributed by atoms with Gasteiger partial charge in [0.15, 0.2) is 0 Å².